The van der Waals surface area contributed by atoms with Crippen molar-refractivity contribution in [1.29, 1.82) is 0 Å². The highest BCUT2D eigenvalue weighted by Crippen LogP contribution is 2.21. The van der Waals surface area contributed by atoms with E-state index in [0.717, 1.165) is 17.1 Å². The Morgan fingerprint density at radius 1 is 1.19 bits per heavy atom. The zero-order valence-corrected chi connectivity index (χ0v) is 16.3. The van der Waals surface area contributed by atoms with Gasteiger partial charge in [0.05, 0.1) is 28.9 Å². The summed E-state index contributed by atoms with van der Waals surface area (Å²) in [5, 5.41) is 7.66. The number of benzene rings is 1. The molecule has 8 heteroatoms. The average Bonchev–Trinajstić information content (AvgIpc) is 3.08. The van der Waals surface area contributed by atoms with Crippen molar-refractivity contribution in [3.63, 3.8) is 0 Å². The zero-order chi connectivity index (χ0) is 19.1. The zero-order valence-electron chi connectivity index (χ0n) is 15.5. The molecule has 1 fully saturated rings. The van der Waals surface area contributed by atoms with Gasteiger partial charge in [-0.25, -0.2) is 18.1 Å². The van der Waals surface area contributed by atoms with E-state index >= 15 is 0 Å². The first-order chi connectivity index (χ1) is 12.2. The molecule has 0 spiro atoms. The molecule has 1 aromatic heterocycles. The summed E-state index contributed by atoms with van der Waals surface area (Å²) in [4.78, 5) is 13.0. The lowest BCUT2D eigenvalue weighted by Gasteiger charge is -2.33. The van der Waals surface area contributed by atoms with Crippen molar-refractivity contribution < 1.29 is 13.2 Å². The molecule has 1 aliphatic heterocycles. The van der Waals surface area contributed by atoms with Crippen LogP contribution in [0.3, 0.4) is 0 Å². The maximum absolute atomic E-state index is 13.0. The molecule has 0 saturated carbocycles. The van der Waals surface area contributed by atoms with Gasteiger partial charge in [-0.05, 0) is 50.6 Å². The Morgan fingerprint density at radius 2 is 1.85 bits per heavy atom. The van der Waals surface area contributed by atoms with Crippen molar-refractivity contribution in [2.75, 3.05) is 25.6 Å². The highest BCUT2D eigenvalue weighted by molar-refractivity contribution is 7.91. The summed E-state index contributed by atoms with van der Waals surface area (Å²) in [6, 6.07) is 8.89. The van der Waals surface area contributed by atoms with E-state index in [1.165, 1.54) is 0 Å². The van der Waals surface area contributed by atoms with Crippen LogP contribution in [0.5, 0.6) is 0 Å². The predicted molar refractivity (Wildman–Crippen MR) is 100.0 cm³/mol. The number of sulfone groups is 1. The second-order valence-electron chi connectivity index (χ2n) is 6.94. The van der Waals surface area contributed by atoms with Gasteiger partial charge in [0.25, 0.3) is 5.91 Å². The van der Waals surface area contributed by atoms with E-state index in [9.17, 15) is 13.2 Å². The molecule has 1 amide bonds. The number of carbonyl (C=O) groups excluding carboxylic acids is 1. The number of nitrogens with zero attached hydrogens (tertiary/aromatic N) is 4. The van der Waals surface area contributed by atoms with E-state index in [-0.39, 0.29) is 23.5 Å². The minimum Gasteiger partial charge on any atom is -0.268 e. The van der Waals surface area contributed by atoms with Gasteiger partial charge in [0.15, 0.2) is 9.84 Å². The van der Waals surface area contributed by atoms with E-state index in [2.05, 4.69) is 5.10 Å². The van der Waals surface area contributed by atoms with E-state index in [4.69, 9.17) is 0 Å². The van der Waals surface area contributed by atoms with Crippen LogP contribution in [-0.4, -0.2) is 65.8 Å². The third-order valence-corrected chi connectivity index (χ3v) is 6.31. The summed E-state index contributed by atoms with van der Waals surface area (Å²) < 4.78 is 25.4. The third kappa shape index (κ3) is 3.66. The van der Waals surface area contributed by atoms with Gasteiger partial charge in [0.2, 0.25) is 0 Å². The van der Waals surface area contributed by atoms with Crippen LogP contribution >= 0.6 is 0 Å². The topological polar surface area (TPSA) is 75.5 Å². The Kier molecular flexibility index (Phi) is 4.90. The quantitative estimate of drug-likeness (QED) is 0.758. The fourth-order valence-corrected chi connectivity index (χ4v) is 5.10. The molecule has 0 radical (unpaired) electrons. The molecule has 1 aliphatic rings. The first-order valence-corrected chi connectivity index (χ1v) is 10.3. The first kappa shape index (κ1) is 18.6. The maximum atomic E-state index is 13.0. The summed E-state index contributed by atoms with van der Waals surface area (Å²) in [5.74, 6) is -0.0515. The number of aryl methyl sites for hydroxylation is 2. The van der Waals surface area contributed by atoms with Crippen LogP contribution in [0.15, 0.2) is 30.3 Å². The Morgan fingerprint density at radius 3 is 2.31 bits per heavy atom. The highest BCUT2D eigenvalue weighted by Gasteiger charge is 2.36. The summed E-state index contributed by atoms with van der Waals surface area (Å²) in [5.41, 5.74) is 3.36. The second kappa shape index (κ2) is 6.85. The molecule has 0 N–H and O–H groups in total. The van der Waals surface area contributed by atoms with E-state index < -0.39 is 9.84 Å². The summed E-state index contributed by atoms with van der Waals surface area (Å²) in [7, 11) is 0.447. The van der Waals surface area contributed by atoms with Crippen LogP contribution in [0.25, 0.3) is 5.69 Å². The lowest BCUT2D eigenvalue weighted by molar-refractivity contribution is 0.00101. The van der Waals surface area contributed by atoms with Crippen molar-refractivity contribution in [1.82, 2.24) is 19.8 Å². The molecule has 1 saturated heterocycles. The molecule has 0 aliphatic carbocycles. The molecule has 26 heavy (non-hydrogen) atoms. The van der Waals surface area contributed by atoms with Crippen LogP contribution in [-0.2, 0) is 9.84 Å². The van der Waals surface area contributed by atoms with Crippen LogP contribution in [0.2, 0.25) is 0 Å². The molecule has 3 rings (SSSR count). The summed E-state index contributed by atoms with van der Waals surface area (Å²) in [6.45, 7) is 3.92. The molecular formula is C18H24N4O3S. The van der Waals surface area contributed by atoms with Crippen LogP contribution in [0.1, 0.15) is 28.2 Å². The fraction of sp³-hybridized carbons (Fsp3) is 0.444. The van der Waals surface area contributed by atoms with Crippen molar-refractivity contribution >= 4 is 15.7 Å². The maximum Gasteiger partial charge on any atom is 0.268 e. The molecule has 1 aromatic carbocycles. The minimum absolute atomic E-state index is 0.0146. The number of rotatable bonds is 4. The van der Waals surface area contributed by atoms with Gasteiger partial charge >= 0.3 is 0 Å². The molecule has 2 aromatic rings. The van der Waals surface area contributed by atoms with Gasteiger partial charge in [0.1, 0.15) is 0 Å². The fourth-order valence-electron chi connectivity index (χ4n) is 3.41. The number of hydrogen-bond donors (Lipinski definition) is 0. The van der Waals surface area contributed by atoms with E-state index in [1.807, 2.05) is 36.7 Å². The summed E-state index contributed by atoms with van der Waals surface area (Å²) in [6.07, 6.45) is 0.468. The highest BCUT2D eigenvalue weighted by atomic mass is 32.2. The van der Waals surface area contributed by atoms with Gasteiger partial charge in [-0.3, -0.25) is 9.80 Å². The van der Waals surface area contributed by atoms with Crippen LogP contribution < -0.4 is 0 Å². The Labute approximate surface area is 154 Å². The average molecular weight is 376 g/mol. The van der Waals surface area contributed by atoms with Crippen molar-refractivity contribution in [3.8, 4) is 5.69 Å². The molecule has 1 unspecified atom stereocenters. The van der Waals surface area contributed by atoms with Gasteiger partial charge in [0, 0.05) is 25.4 Å². The number of amides is 1. The minimum atomic E-state index is -3.07. The SMILES string of the molecule is Cc1cc(C)n(-c2ccc(C(=O)N(C3CCS(=O)(=O)C3)N(C)C)cc2)n1. The predicted octanol–water partition coefficient (Wildman–Crippen LogP) is 1.60. The Bertz CT molecular complexity index is 916. The molecule has 2 heterocycles. The first-order valence-electron chi connectivity index (χ1n) is 8.53. The van der Waals surface area contributed by atoms with Gasteiger partial charge in [-0.15, -0.1) is 0 Å². The molecule has 7 nitrogen and oxygen atoms in total. The van der Waals surface area contributed by atoms with Crippen LogP contribution in [0, 0.1) is 13.8 Å². The normalized spacial score (nSPS) is 19.0. The van der Waals surface area contributed by atoms with Crippen LogP contribution in [0.4, 0.5) is 0 Å². The third-order valence-electron chi connectivity index (χ3n) is 4.56. The number of hydrogen-bond acceptors (Lipinski definition) is 5. The van der Waals surface area contributed by atoms with Crippen molar-refractivity contribution in [3.05, 3.63) is 47.3 Å². The number of carbonyl (C=O) groups is 1. The Hall–Kier alpha value is -2.19. The van der Waals surface area contributed by atoms with E-state index in [0.29, 0.717) is 12.0 Å². The van der Waals surface area contributed by atoms with Gasteiger partial charge in [-0.1, -0.05) is 0 Å². The van der Waals surface area contributed by atoms with Gasteiger partial charge in [-0.2, -0.15) is 5.10 Å². The van der Waals surface area contributed by atoms with Gasteiger partial charge < -0.3 is 0 Å². The molecular weight excluding hydrogens is 352 g/mol. The van der Waals surface area contributed by atoms with E-state index in [1.54, 1.807) is 36.2 Å². The Balaban J connectivity index is 1.85. The molecule has 1 atom stereocenters. The molecule has 140 valence electrons. The standard InChI is InChI=1S/C18H24N4O3S/c1-13-11-14(2)21(19-13)16-7-5-15(6-8-16)18(23)22(20(3)4)17-9-10-26(24,25)12-17/h5-8,11,17H,9-10,12H2,1-4H3. The lowest BCUT2D eigenvalue weighted by Crippen LogP contribution is -2.49. The van der Waals surface area contributed by atoms with Crippen molar-refractivity contribution in [2.24, 2.45) is 0 Å². The molecule has 0 bridgehead atoms. The number of hydrazine groups is 1. The smallest absolute Gasteiger partial charge is 0.268 e. The monoisotopic (exact) mass is 376 g/mol. The summed E-state index contributed by atoms with van der Waals surface area (Å²) >= 11 is 0. The van der Waals surface area contributed by atoms with Crippen molar-refractivity contribution in [2.45, 2.75) is 26.3 Å². The number of aromatic nitrogens is 2. The lowest BCUT2D eigenvalue weighted by atomic mass is 10.1. The second-order valence-corrected chi connectivity index (χ2v) is 9.17. The largest absolute Gasteiger partial charge is 0.268 e.